The molecule has 1 aliphatic heterocycles. The van der Waals surface area contributed by atoms with Crippen molar-refractivity contribution in [3.8, 4) is 0 Å². The van der Waals surface area contributed by atoms with E-state index in [1.54, 1.807) is 4.90 Å². The molecule has 8 nitrogen and oxygen atoms in total. The van der Waals surface area contributed by atoms with Gasteiger partial charge in [0.15, 0.2) is 11.3 Å². The second kappa shape index (κ2) is 8.93. The van der Waals surface area contributed by atoms with Gasteiger partial charge in [0.2, 0.25) is 0 Å². The lowest BCUT2D eigenvalue weighted by atomic mass is 9.48. The number of rotatable bonds is 2. The van der Waals surface area contributed by atoms with E-state index < -0.39 is 11.1 Å². The number of fused-ring (bicyclic) bond motifs is 1. The van der Waals surface area contributed by atoms with Crippen molar-refractivity contribution in [3.05, 3.63) is 29.2 Å². The van der Waals surface area contributed by atoms with Crippen molar-refractivity contribution in [2.75, 3.05) is 19.6 Å². The molecule has 5 aliphatic rings. The summed E-state index contributed by atoms with van der Waals surface area (Å²) in [6.45, 7) is 17.5. The molecule has 0 radical (unpaired) electrons. The van der Waals surface area contributed by atoms with E-state index in [1.165, 1.54) is 44.2 Å². The summed E-state index contributed by atoms with van der Waals surface area (Å²) in [6, 6.07) is 4.20. The van der Waals surface area contributed by atoms with Crippen molar-refractivity contribution in [1.29, 1.82) is 0 Å². The molecule has 0 spiro atoms. The molecule has 8 heteroatoms. The fourth-order valence-electron chi connectivity index (χ4n) is 8.46. The lowest BCUT2D eigenvalue weighted by Gasteiger charge is -2.56. The Hall–Kier alpha value is -2.64. The number of nitrogens with zero attached hydrogens (tertiary/aromatic N) is 5. The maximum Gasteiger partial charge on any atom is 0.410 e. The van der Waals surface area contributed by atoms with Gasteiger partial charge in [-0.2, -0.15) is 5.10 Å². The van der Waals surface area contributed by atoms with Crippen LogP contribution in [0.25, 0.3) is 5.65 Å². The number of hydrogen-bond acceptors (Lipinski definition) is 5. The van der Waals surface area contributed by atoms with E-state index in [0.717, 1.165) is 29.1 Å². The van der Waals surface area contributed by atoms with Gasteiger partial charge < -0.3 is 14.5 Å². The molecule has 2 aromatic heterocycles. The molecule has 7 rings (SSSR count). The third kappa shape index (κ3) is 4.79. The van der Waals surface area contributed by atoms with Crippen LogP contribution in [0.15, 0.2) is 12.1 Å². The van der Waals surface area contributed by atoms with Crippen LogP contribution in [0.1, 0.15) is 116 Å². The Balaban J connectivity index is 1.31. The number of carbonyl (C=O) groups is 2. The Kier molecular flexibility index (Phi) is 6.14. The highest BCUT2D eigenvalue weighted by Crippen LogP contribution is 2.60. The van der Waals surface area contributed by atoms with Crippen LogP contribution in [0.2, 0.25) is 0 Å². The zero-order valence-electron chi connectivity index (χ0n) is 25.7. The molecular weight excluding hydrogens is 502 g/mol. The fourth-order valence-corrected chi connectivity index (χ4v) is 8.46. The van der Waals surface area contributed by atoms with Crippen LogP contribution in [0.3, 0.4) is 0 Å². The Morgan fingerprint density at radius 3 is 2.05 bits per heavy atom. The highest BCUT2D eigenvalue weighted by atomic mass is 16.6. The van der Waals surface area contributed by atoms with E-state index in [9.17, 15) is 9.59 Å². The molecule has 4 bridgehead atoms. The molecule has 218 valence electrons. The monoisotopic (exact) mass is 549 g/mol. The van der Waals surface area contributed by atoms with Gasteiger partial charge >= 0.3 is 6.09 Å². The predicted molar refractivity (Wildman–Crippen MR) is 154 cm³/mol. The van der Waals surface area contributed by atoms with Crippen LogP contribution in [-0.4, -0.2) is 67.2 Å². The van der Waals surface area contributed by atoms with Crippen molar-refractivity contribution < 1.29 is 14.3 Å². The van der Waals surface area contributed by atoms with Gasteiger partial charge in [-0.3, -0.25) is 4.79 Å². The SMILES string of the molecule is CC(C)(C)OC(=O)N1CCN(C(=O)c2cc3nc(C45CC6CC(CC(C6)C4)C5)cc(C(C)(C)C)n3n2)C(C)(C)C1. The van der Waals surface area contributed by atoms with Gasteiger partial charge in [0.1, 0.15) is 5.60 Å². The van der Waals surface area contributed by atoms with Crippen LogP contribution in [0.5, 0.6) is 0 Å². The van der Waals surface area contributed by atoms with Crippen LogP contribution < -0.4 is 0 Å². The molecule has 4 aliphatic carbocycles. The zero-order chi connectivity index (χ0) is 28.8. The van der Waals surface area contributed by atoms with Gasteiger partial charge in [-0.15, -0.1) is 0 Å². The van der Waals surface area contributed by atoms with Gasteiger partial charge in [-0.05, 0) is 97.0 Å². The molecule has 3 heterocycles. The molecule has 1 saturated heterocycles. The predicted octanol–water partition coefficient (Wildman–Crippen LogP) is 5.97. The molecule has 0 unspecified atom stereocenters. The van der Waals surface area contributed by atoms with Gasteiger partial charge in [-0.25, -0.2) is 14.3 Å². The lowest BCUT2D eigenvalue weighted by Crippen LogP contribution is -2.62. The number of hydrogen-bond donors (Lipinski definition) is 0. The average molecular weight is 550 g/mol. The van der Waals surface area contributed by atoms with Crippen molar-refractivity contribution in [2.45, 2.75) is 116 Å². The Morgan fingerprint density at radius 2 is 1.52 bits per heavy atom. The highest BCUT2D eigenvalue weighted by Gasteiger charge is 2.52. The van der Waals surface area contributed by atoms with Crippen LogP contribution >= 0.6 is 0 Å². The van der Waals surface area contributed by atoms with Gasteiger partial charge in [0.25, 0.3) is 5.91 Å². The standard InChI is InChI=1S/C32H47N5O3/c1-29(2,3)25-15-24(32-16-20-11-21(17-32)13-22(12-20)18-32)33-26-14-23(34-37(25)26)27(38)36-10-9-35(19-31(36,7)8)28(39)40-30(4,5)6/h14-15,20-22H,9-13,16-19H2,1-8H3. The minimum atomic E-state index is -0.563. The highest BCUT2D eigenvalue weighted by molar-refractivity contribution is 5.94. The third-order valence-corrected chi connectivity index (χ3v) is 9.80. The number of ether oxygens (including phenoxy) is 1. The largest absolute Gasteiger partial charge is 0.444 e. The molecule has 0 N–H and O–H groups in total. The van der Waals surface area contributed by atoms with Crippen molar-refractivity contribution in [1.82, 2.24) is 24.4 Å². The fraction of sp³-hybridized carbons (Fsp3) is 0.750. The number of amides is 2. The topological polar surface area (TPSA) is 80.0 Å². The van der Waals surface area contributed by atoms with E-state index in [1.807, 2.05) is 50.1 Å². The first-order valence-electron chi connectivity index (χ1n) is 15.2. The van der Waals surface area contributed by atoms with Gasteiger partial charge in [-0.1, -0.05) is 20.8 Å². The first-order chi connectivity index (χ1) is 18.5. The molecule has 5 fully saturated rings. The quantitative estimate of drug-likeness (QED) is 0.461. The molecular formula is C32H47N5O3. The number of carbonyl (C=O) groups excluding carboxylic acids is 2. The summed E-state index contributed by atoms with van der Waals surface area (Å²) in [7, 11) is 0. The average Bonchev–Trinajstić information content (AvgIpc) is 3.24. The van der Waals surface area contributed by atoms with Gasteiger partial charge in [0, 0.05) is 36.5 Å². The Bertz CT molecular complexity index is 1310. The second-order valence-corrected chi connectivity index (χ2v) is 15.9. The summed E-state index contributed by atoms with van der Waals surface area (Å²) in [5.74, 6) is 2.40. The van der Waals surface area contributed by atoms with Crippen LogP contribution in [0.4, 0.5) is 4.79 Å². The third-order valence-electron chi connectivity index (χ3n) is 9.80. The molecule has 40 heavy (non-hydrogen) atoms. The summed E-state index contributed by atoms with van der Waals surface area (Å²) in [4.78, 5) is 35.5. The smallest absolute Gasteiger partial charge is 0.410 e. The van der Waals surface area contributed by atoms with E-state index in [2.05, 4.69) is 26.8 Å². The Morgan fingerprint density at radius 1 is 0.925 bits per heavy atom. The summed E-state index contributed by atoms with van der Waals surface area (Å²) in [5, 5.41) is 4.87. The zero-order valence-corrected chi connectivity index (χ0v) is 25.7. The minimum absolute atomic E-state index is 0.115. The number of piperazine rings is 1. The van der Waals surface area contributed by atoms with Crippen molar-refractivity contribution >= 4 is 17.6 Å². The van der Waals surface area contributed by atoms with E-state index in [4.69, 9.17) is 14.8 Å². The first-order valence-corrected chi connectivity index (χ1v) is 15.2. The van der Waals surface area contributed by atoms with Crippen molar-refractivity contribution in [2.24, 2.45) is 17.8 Å². The normalized spacial score (nSPS) is 29.8. The van der Waals surface area contributed by atoms with E-state index in [-0.39, 0.29) is 22.8 Å². The lowest BCUT2D eigenvalue weighted by molar-refractivity contribution is -0.0110. The van der Waals surface area contributed by atoms with E-state index in [0.29, 0.717) is 25.3 Å². The molecule has 0 aromatic carbocycles. The summed E-state index contributed by atoms with van der Waals surface area (Å²) >= 11 is 0. The molecule has 0 atom stereocenters. The molecule has 2 amide bonds. The second-order valence-electron chi connectivity index (χ2n) is 15.9. The molecule has 4 saturated carbocycles. The first kappa shape index (κ1) is 27.5. The summed E-state index contributed by atoms with van der Waals surface area (Å²) < 4.78 is 7.50. The summed E-state index contributed by atoms with van der Waals surface area (Å²) in [5.41, 5.74) is 2.41. The van der Waals surface area contributed by atoms with Gasteiger partial charge in [0.05, 0.1) is 16.9 Å². The molecule has 2 aromatic rings. The maximum absolute atomic E-state index is 13.9. The van der Waals surface area contributed by atoms with Crippen LogP contribution in [-0.2, 0) is 15.6 Å². The van der Waals surface area contributed by atoms with Crippen LogP contribution in [0, 0.1) is 17.8 Å². The minimum Gasteiger partial charge on any atom is -0.444 e. The van der Waals surface area contributed by atoms with E-state index >= 15 is 0 Å². The maximum atomic E-state index is 13.9. The summed E-state index contributed by atoms with van der Waals surface area (Å²) in [6.07, 6.45) is 7.62. The number of aromatic nitrogens is 3. The Labute approximate surface area is 238 Å². The van der Waals surface area contributed by atoms with Crippen molar-refractivity contribution in [3.63, 3.8) is 0 Å².